The van der Waals surface area contributed by atoms with Crippen molar-refractivity contribution in [3.8, 4) is 11.5 Å². The summed E-state index contributed by atoms with van der Waals surface area (Å²) in [7, 11) is 0. The van der Waals surface area contributed by atoms with Gasteiger partial charge in [-0.3, -0.25) is 4.79 Å². The molecule has 0 bridgehead atoms. The molecule has 0 amide bonds. The van der Waals surface area contributed by atoms with Crippen LogP contribution in [-0.2, 0) is 6.42 Å². The van der Waals surface area contributed by atoms with E-state index in [1.54, 1.807) is 6.07 Å². The standard InChI is InChI=1S/C13H25N.C10H12O4.C9H12/c1-5-7-8-11-14-13(4)10-9-12(3)6-2;1-7(12)9-3-2-8(6-10(9)13)14-5-4-11;1-3-9-7-5-4-6-8(9)2/h14H,3-11H2,1-2H3;2-3,6,11,13H,4-5H2,1H3;4-7H,3H2,1-2H3. The minimum absolute atomic E-state index is 0.0881. The van der Waals surface area contributed by atoms with Crippen molar-refractivity contribution in [2.24, 2.45) is 0 Å². The first-order valence-corrected chi connectivity index (χ1v) is 13.4. The molecule has 5 nitrogen and oxygen atoms in total. The van der Waals surface area contributed by atoms with Gasteiger partial charge < -0.3 is 20.3 Å². The lowest BCUT2D eigenvalue weighted by Crippen LogP contribution is -2.13. The monoisotopic (exact) mass is 511 g/mol. The number of aliphatic hydroxyl groups excluding tert-OH is 1. The molecule has 0 saturated carbocycles. The van der Waals surface area contributed by atoms with E-state index < -0.39 is 0 Å². The molecule has 206 valence electrons. The van der Waals surface area contributed by atoms with Crippen molar-refractivity contribution in [3.05, 3.63) is 83.6 Å². The maximum atomic E-state index is 11.0. The number of hydrogen-bond donors (Lipinski definition) is 3. The van der Waals surface area contributed by atoms with Crippen molar-refractivity contribution >= 4 is 5.78 Å². The number of ketones is 1. The van der Waals surface area contributed by atoms with Crippen LogP contribution >= 0.6 is 0 Å². The quantitative estimate of drug-likeness (QED) is 0.139. The molecule has 0 fully saturated rings. The van der Waals surface area contributed by atoms with Crippen molar-refractivity contribution < 1.29 is 19.7 Å². The van der Waals surface area contributed by atoms with Crippen LogP contribution in [0.1, 0.15) is 87.7 Å². The normalized spacial score (nSPS) is 9.78. The summed E-state index contributed by atoms with van der Waals surface area (Å²) in [6.45, 7) is 19.2. The number of phenols is 1. The van der Waals surface area contributed by atoms with Gasteiger partial charge in [-0.15, -0.1) is 0 Å². The highest BCUT2D eigenvalue weighted by Gasteiger charge is 2.07. The fourth-order valence-corrected chi connectivity index (χ4v) is 3.30. The summed E-state index contributed by atoms with van der Waals surface area (Å²) in [5.41, 5.74) is 5.61. The van der Waals surface area contributed by atoms with Gasteiger partial charge in [0, 0.05) is 18.3 Å². The average molecular weight is 512 g/mol. The number of benzene rings is 2. The molecule has 0 heterocycles. The van der Waals surface area contributed by atoms with E-state index in [4.69, 9.17) is 9.84 Å². The SMILES string of the molecule is C=C(CC)CCC(=C)NCCCCC.CC(=O)c1ccc(OCCO)cc1O.CCc1ccccc1C. The highest BCUT2D eigenvalue weighted by molar-refractivity contribution is 5.96. The predicted molar refractivity (Wildman–Crippen MR) is 157 cm³/mol. The van der Waals surface area contributed by atoms with Crippen LogP contribution in [0.15, 0.2) is 66.9 Å². The van der Waals surface area contributed by atoms with E-state index in [0.29, 0.717) is 5.75 Å². The molecule has 0 spiro atoms. The van der Waals surface area contributed by atoms with E-state index in [0.717, 1.165) is 37.9 Å². The van der Waals surface area contributed by atoms with Crippen LogP contribution in [0.3, 0.4) is 0 Å². The lowest BCUT2D eigenvalue weighted by atomic mass is 10.1. The molecular formula is C32H49NO4. The Morgan fingerprint density at radius 3 is 2.24 bits per heavy atom. The number of carbonyl (C=O) groups excluding carboxylic acids is 1. The zero-order valence-corrected chi connectivity index (χ0v) is 23.7. The molecule has 0 aliphatic rings. The van der Waals surface area contributed by atoms with E-state index in [1.807, 2.05) is 0 Å². The molecule has 0 saturated heterocycles. The Kier molecular flexibility index (Phi) is 19.3. The molecule has 2 rings (SSSR count). The topological polar surface area (TPSA) is 78.8 Å². The first-order chi connectivity index (χ1) is 17.7. The van der Waals surface area contributed by atoms with E-state index in [1.165, 1.54) is 55.0 Å². The number of rotatable bonds is 14. The Hall–Kier alpha value is -3.05. The average Bonchev–Trinajstić information content (AvgIpc) is 2.89. The van der Waals surface area contributed by atoms with E-state index >= 15 is 0 Å². The fourth-order valence-electron chi connectivity index (χ4n) is 3.30. The number of allylic oxidation sites excluding steroid dienone is 2. The minimum atomic E-state index is -0.198. The number of nitrogens with one attached hydrogen (secondary N) is 1. The number of aliphatic hydroxyl groups is 1. The smallest absolute Gasteiger partial charge is 0.163 e. The number of unbranched alkanes of at least 4 members (excludes halogenated alkanes) is 2. The van der Waals surface area contributed by atoms with Crippen molar-refractivity contribution in [2.75, 3.05) is 19.8 Å². The van der Waals surface area contributed by atoms with E-state index in [9.17, 15) is 9.90 Å². The molecule has 0 aromatic heterocycles. The van der Waals surface area contributed by atoms with Crippen molar-refractivity contribution in [3.63, 3.8) is 0 Å². The van der Waals surface area contributed by atoms with Crippen LogP contribution in [0, 0.1) is 6.92 Å². The highest BCUT2D eigenvalue weighted by atomic mass is 16.5. The predicted octanol–water partition coefficient (Wildman–Crippen LogP) is 7.55. The Morgan fingerprint density at radius 2 is 1.73 bits per heavy atom. The second kappa shape index (κ2) is 21.1. The molecule has 3 N–H and O–H groups in total. The number of aryl methyl sites for hydroxylation is 2. The summed E-state index contributed by atoms with van der Waals surface area (Å²) < 4.78 is 5.05. The number of phenolic OH excluding ortho intramolecular Hbond substituents is 1. The maximum Gasteiger partial charge on any atom is 0.163 e. The van der Waals surface area contributed by atoms with E-state index in [2.05, 4.69) is 70.4 Å². The van der Waals surface area contributed by atoms with Crippen LogP contribution in [-0.4, -0.2) is 35.8 Å². The zero-order valence-electron chi connectivity index (χ0n) is 23.7. The number of Topliss-reactive ketones (excluding diaryl/α,β-unsaturated/α-hetero) is 1. The van der Waals surface area contributed by atoms with Gasteiger partial charge in [0.15, 0.2) is 5.78 Å². The van der Waals surface area contributed by atoms with Crippen molar-refractivity contribution in [2.45, 2.75) is 79.6 Å². The van der Waals surface area contributed by atoms with Gasteiger partial charge in [0.05, 0.1) is 12.2 Å². The molecule has 5 heteroatoms. The van der Waals surface area contributed by atoms with Crippen LogP contribution in [0.4, 0.5) is 0 Å². The third-order valence-corrected chi connectivity index (χ3v) is 5.79. The molecular weight excluding hydrogens is 462 g/mol. The molecule has 0 radical (unpaired) electrons. The maximum absolute atomic E-state index is 11.0. The second-order valence-corrected chi connectivity index (χ2v) is 8.93. The first-order valence-electron chi connectivity index (χ1n) is 13.4. The summed E-state index contributed by atoms with van der Waals surface area (Å²) in [6, 6.07) is 12.9. The van der Waals surface area contributed by atoms with Gasteiger partial charge in [-0.2, -0.15) is 0 Å². The van der Waals surface area contributed by atoms with Gasteiger partial charge in [0.25, 0.3) is 0 Å². The largest absolute Gasteiger partial charge is 0.507 e. The Labute approximate surface area is 225 Å². The number of hydrogen-bond acceptors (Lipinski definition) is 5. The Balaban J connectivity index is 0.000000538. The van der Waals surface area contributed by atoms with Crippen LogP contribution in [0.5, 0.6) is 11.5 Å². The number of aromatic hydroxyl groups is 1. The van der Waals surface area contributed by atoms with Gasteiger partial charge >= 0.3 is 0 Å². The molecule has 2 aromatic rings. The molecule has 0 unspecified atom stereocenters. The Morgan fingerprint density at radius 1 is 1.03 bits per heavy atom. The lowest BCUT2D eigenvalue weighted by Gasteiger charge is -2.09. The van der Waals surface area contributed by atoms with Crippen LogP contribution < -0.4 is 10.1 Å². The molecule has 0 atom stereocenters. The van der Waals surface area contributed by atoms with Crippen molar-refractivity contribution in [1.29, 1.82) is 0 Å². The summed E-state index contributed by atoms with van der Waals surface area (Å²) in [5, 5.41) is 21.3. The van der Waals surface area contributed by atoms with Crippen LogP contribution in [0.2, 0.25) is 0 Å². The molecule has 2 aromatic carbocycles. The van der Waals surface area contributed by atoms with Gasteiger partial charge in [0.1, 0.15) is 18.1 Å². The minimum Gasteiger partial charge on any atom is -0.507 e. The van der Waals surface area contributed by atoms with Crippen LogP contribution in [0.25, 0.3) is 0 Å². The third-order valence-electron chi connectivity index (χ3n) is 5.79. The van der Waals surface area contributed by atoms with E-state index in [-0.39, 0.29) is 30.3 Å². The second-order valence-electron chi connectivity index (χ2n) is 8.93. The molecule has 0 aliphatic heterocycles. The van der Waals surface area contributed by atoms with Gasteiger partial charge in [-0.05, 0) is 69.2 Å². The van der Waals surface area contributed by atoms with Gasteiger partial charge in [0.2, 0.25) is 0 Å². The van der Waals surface area contributed by atoms with Gasteiger partial charge in [-0.1, -0.05) is 76.6 Å². The Bertz CT molecular complexity index is 936. The van der Waals surface area contributed by atoms with Crippen molar-refractivity contribution in [1.82, 2.24) is 5.32 Å². The molecule has 0 aliphatic carbocycles. The van der Waals surface area contributed by atoms with Gasteiger partial charge in [-0.25, -0.2) is 0 Å². The summed E-state index contributed by atoms with van der Waals surface area (Å²) >= 11 is 0. The highest BCUT2D eigenvalue weighted by Crippen LogP contribution is 2.23. The lowest BCUT2D eigenvalue weighted by molar-refractivity contribution is 0.101. The summed E-state index contributed by atoms with van der Waals surface area (Å²) in [5.74, 6) is 0.130. The third kappa shape index (κ3) is 16.3. The number of ether oxygens (including phenoxy) is 1. The first kappa shape index (κ1) is 34.0. The molecule has 37 heavy (non-hydrogen) atoms. The fraction of sp³-hybridized carbons (Fsp3) is 0.469. The summed E-state index contributed by atoms with van der Waals surface area (Å²) in [6.07, 6.45) is 8.19. The summed E-state index contributed by atoms with van der Waals surface area (Å²) in [4.78, 5) is 11.0. The zero-order chi connectivity index (χ0) is 28.1. The number of carbonyl (C=O) groups is 1.